The standard InChI is InChI=1S/C19H22N2O4/c20-18(21)14-4-8-16(9-5-14)24-12-2-1-3-13-25-17-10-6-15(7-11-17)19(22)23/h4-11H,1-3,12-13H2,(H3,20,21)(H,22,23)/p-1. The number of benzene rings is 2. The van der Waals surface area contributed by atoms with Crippen molar-refractivity contribution in [2.45, 2.75) is 19.3 Å². The highest BCUT2D eigenvalue weighted by molar-refractivity contribution is 5.94. The SMILES string of the molecule is N=C(N)c1ccc(OCCCCCOc2ccc(C(=O)[O-])cc2)cc1. The maximum atomic E-state index is 10.6. The number of carbonyl (C=O) groups is 1. The van der Waals surface area contributed by atoms with Crippen molar-refractivity contribution in [3.05, 3.63) is 59.7 Å². The van der Waals surface area contributed by atoms with Crippen LogP contribution < -0.4 is 20.3 Å². The first-order chi connectivity index (χ1) is 12.1. The van der Waals surface area contributed by atoms with Crippen molar-refractivity contribution in [3.63, 3.8) is 0 Å². The zero-order chi connectivity index (χ0) is 18.1. The molecule has 3 N–H and O–H groups in total. The van der Waals surface area contributed by atoms with Crippen LogP contribution >= 0.6 is 0 Å². The fourth-order valence-corrected chi connectivity index (χ4v) is 2.18. The van der Waals surface area contributed by atoms with Crippen LogP contribution in [0.3, 0.4) is 0 Å². The molecule has 0 radical (unpaired) electrons. The summed E-state index contributed by atoms with van der Waals surface area (Å²) in [5.41, 5.74) is 6.21. The Labute approximate surface area is 146 Å². The smallest absolute Gasteiger partial charge is 0.122 e. The summed E-state index contributed by atoms with van der Waals surface area (Å²) in [4.78, 5) is 10.6. The number of nitrogen functional groups attached to an aromatic ring is 1. The van der Waals surface area contributed by atoms with Gasteiger partial charge < -0.3 is 25.1 Å². The van der Waals surface area contributed by atoms with Gasteiger partial charge >= 0.3 is 0 Å². The summed E-state index contributed by atoms with van der Waals surface area (Å²) < 4.78 is 11.2. The number of carboxylic acids is 1. The Morgan fingerprint density at radius 3 is 1.68 bits per heavy atom. The molecule has 2 rings (SSSR count). The fourth-order valence-electron chi connectivity index (χ4n) is 2.18. The topological polar surface area (TPSA) is 108 Å². The first-order valence-corrected chi connectivity index (χ1v) is 8.08. The van der Waals surface area contributed by atoms with Crippen molar-refractivity contribution in [2.75, 3.05) is 13.2 Å². The second-order valence-corrected chi connectivity index (χ2v) is 5.51. The molecule has 6 nitrogen and oxygen atoms in total. The minimum atomic E-state index is -1.19. The molecule has 2 aromatic rings. The summed E-state index contributed by atoms with van der Waals surface area (Å²) >= 11 is 0. The Morgan fingerprint density at radius 1 is 0.840 bits per heavy atom. The Bertz CT molecular complexity index is 635. The number of carboxylic acid groups (broad SMARTS) is 1. The maximum absolute atomic E-state index is 10.6. The average Bonchev–Trinajstić information content (AvgIpc) is 2.61. The van der Waals surface area contributed by atoms with Gasteiger partial charge in [0.25, 0.3) is 0 Å². The Morgan fingerprint density at radius 2 is 1.28 bits per heavy atom. The third-order valence-electron chi connectivity index (χ3n) is 3.58. The van der Waals surface area contributed by atoms with Gasteiger partial charge in [0, 0.05) is 5.56 Å². The third kappa shape index (κ3) is 6.18. The van der Waals surface area contributed by atoms with Crippen LogP contribution in [0.25, 0.3) is 0 Å². The fraction of sp³-hybridized carbons (Fsp3) is 0.263. The second-order valence-electron chi connectivity index (χ2n) is 5.51. The van der Waals surface area contributed by atoms with E-state index in [1.54, 1.807) is 36.4 Å². The zero-order valence-electron chi connectivity index (χ0n) is 13.9. The van der Waals surface area contributed by atoms with Crippen molar-refractivity contribution in [1.29, 1.82) is 5.41 Å². The number of rotatable bonds is 10. The van der Waals surface area contributed by atoms with Crippen molar-refractivity contribution in [2.24, 2.45) is 5.73 Å². The number of unbranched alkanes of at least 4 members (excludes halogenated alkanes) is 2. The number of carbonyl (C=O) groups excluding carboxylic acids is 1. The molecule has 0 saturated heterocycles. The summed E-state index contributed by atoms with van der Waals surface area (Å²) in [5, 5.41) is 18.0. The molecule has 0 amide bonds. The molecule has 132 valence electrons. The lowest BCUT2D eigenvalue weighted by Crippen LogP contribution is -2.21. The normalized spacial score (nSPS) is 10.2. The summed E-state index contributed by atoms with van der Waals surface area (Å²) in [5.74, 6) is 0.254. The maximum Gasteiger partial charge on any atom is 0.122 e. The van der Waals surface area contributed by atoms with Crippen molar-refractivity contribution in [3.8, 4) is 11.5 Å². The molecule has 0 heterocycles. The van der Waals surface area contributed by atoms with E-state index in [1.165, 1.54) is 12.1 Å². The summed E-state index contributed by atoms with van der Waals surface area (Å²) in [6, 6.07) is 13.3. The molecule has 0 unspecified atom stereocenters. The molecule has 0 fully saturated rings. The highest BCUT2D eigenvalue weighted by Gasteiger charge is 1.99. The highest BCUT2D eigenvalue weighted by atomic mass is 16.5. The first kappa shape index (κ1) is 18.3. The van der Waals surface area contributed by atoms with E-state index in [-0.39, 0.29) is 11.4 Å². The number of nitrogens with two attached hydrogens (primary N) is 1. The zero-order valence-corrected chi connectivity index (χ0v) is 13.9. The van der Waals surface area contributed by atoms with Crippen LogP contribution in [0.15, 0.2) is 48.5 Å². The number of aromatic carboxylic acids is 1. The molecule has 0 spiro atoms. The molecule has 0 aliphatic heterocycles. The van der Waals surface area contributed by atoms with Gasteiger partial charge in [-0.1, -0.05) is 0 Å². The lowest BCUT2D eigenvalue weighted by molar-refractivity contribution is -0.255. The Hall–Kier alpha value is -3.02. The van der Waals surface area contributed by atoms with Gasteiger partial charge in [-0.15, -0.1) is 0 Å². The van der Waals surface area contributed by atoms with Crippen LogP contribution in [0.4, 0.5) is 0 Å². The van der Waals surface area contributed by atoms with E-state index < -0.39 is 5.97 Å². The molecule has 0 aliphatic rings. The molecule has 0 saturated carbocycles. The lowest BCUT2D eigenvalue weighted by Gasteiger charge is -2.09. The van der Waals surface area contributed by atoms with Crippen LogP contribution in [-0.4, -0.2) is 25.0 Å². The molecular weight excluding hydrogens is 320 g/mol. The number of nitrogens with one attached hydrogen (secondary N) is 1. The number of amidine groups is 1. The van der Waals surface area contributed by atoms with Gasteiger partial charge in [-0.3, -0.25) is 5.41 Å². The Balaban J connectivity index is 1.57. The van der Waals surface area contributed by atoms with Gasteiger partial charge in [0.15, 0.2) is 0 Å². The van der Waals surface area contributed by atoms with Crippen LogP contribution in [0.5, 0.6) is 11.5 Å². The monoisotopic (exact) mass is 341 g/mol. The second kappa shape index (κ2) is 9.32. The predicted molar refractivity (Wildman–Crippen MR) is 93.1 cm³/mol. The molecule has 0 aromatic heterocycles. The average molecular weight is 341 g/mol. The largest absolute Gasteiger partial charge is 0.545 e. The summed E-state index contributed by atoms with van der Waals surface area (Å²) in [6.45, 7) is 1.18. The van der Waals surface area contributed by atoms with Gasteiger partial charge in [-0.2, -0.15) is 0 Å². The summed E-state index contributed by atoms with van der Waals surface area (Å²) in [6.07, 6.45) is 2.75. The molecule has 2 aromatic carbocycles. The third-order valence-corrected chi connectivity index (χ3v) is 3.58. The van der Waals surface area contributed by atoms with E-state index in [1.807, 2.05) is 0 Å². The predicted octanol–water partition coefficient (Wildman–Crippen LogP) is 1.96. The quantitative estimate of drug-likeness (QED) is 0.390. The highest BCUT2D eigenvalue weighted by Crippen LogP contribution is 2.14. The molecule has 0 bridgehead atoms. The first-order valence-electron chi connectivity index (χ1n) is 8.08. The molecule has 25 heavy (non-hydrogen) atoms. The summed E-state index contributed by atoms with van der Waals surface area (Å²) in [7, 11) is 0. The van der Waals surface area contributed by atoms with E-state index in [0.29, 0.717) is 24.5 Å². The van der Waals surface area contributed by atoms with Crippen LogP contribution in [0.1, 0.15) is 35.2 Å². The van der Waals surface area contributed by atoms with Crippen molar-refractivity contribution in [1.82, 2.24) is 0 Å². The minimum Gasteiger partial charge on any atom is -0.545 e. The molecular formula is C19H21N2O4-. The van der Waals surface area contributed by atoms with Crippen molar-refractivity contribution < 1.29 is 19.4 Å². The van der Waals surface area contributed by atoms with Gasteiger partial charge in [0.1, 0.15) is 17.3 Å². The lowest BCUT2D eigenvalue weighted by atomic mass is 10.2. The Kier molecular flexibility index (Phi) is 6.83. The number of ether oxygens (including phenoxy) is 2. The van der Waals surface area contributed by atoms with E-state index in [4.69, 9.17) is 20.6 Å². The van der Waals surface area contributed by atoms with Crippen molar-refractivity contribution >= 4 is 11.8 Å². The van der Waals surface area contributed by atoms with E-state index in [9.17, 15) is 9.90 Å². The molecule has 0 aliphatic carbocycles. The minimum absolute atomic E-state index is 0.0424. The van der Waals surface area contributed by atoms with Gasteiger partial charge in [-0.05, 0) is 73.4 Å². The molecule has 6 heteroatoms. The molecule has 0 atom stereocenters. The van der Waals surface area contributed by atoms with Crippen LogP contribution in [-0.2, 0) is 0 Å². The van der Waals surface area contributed by atoms with Gasteiger partial charge in [0.2, 0.25) is 0 Å². The van der Waals surface area contributed by atoms with E-state index >= 15 is 0 Å². The number of hydrogen-bond donors (Lipinski definition) is 2. The van der Waals surface area contributed by atoms with Gasteiger partial charge in [-0.25, -0.2) is 0 Å². The van der Waals surface area contributed by atoms with E-state index in [0.717, 1.165) is 25.0 Å². The van der Waals surface area contributed by atoms with Crippen LogP contribution in [0, 0.1) is 5.41 Å². The van der Waals surface area contributed by atoms with Crippen LogP contribution in [0.2, 0.25) is 0 Å². The van der Waals surface area contributed by atoms with Gasteiger partial charge in [0.05, 0.1) is 19.2 Å². The number of hydrogen-bond acceptors (Lipinski definition) is 5. The van der Waals surface area contributed by atoms with E-state index in [2.05, 4.69) is 0 Å².